The average molecular weight is 275 g/mol. The van der Waals surface area contributed by atoms with Gasteiger partial charge in [0.2, 0.25) is 0 Å². The summed E-state index contributed by atoms with van der Waals surface area (Å²) < 4.78 is 41.1. The van der Waals surface area contributed by atoms with Crippen LogP contribution in [0.5, 0.6) is 0 Å². The Morgan fingerprint density at radius 2 is 1.86 bits per heavy atom. The summed E-state index contributed by atoms with van der Waals surface area (Å²) in [6, 6.07) is 0. The molecule has 0 aliphatic heterocycles. The highest BCUT2D eigenvalue weighted by Gasteiger charge is 2.37. The van der Waals surface area contributed by atoms with E-state index in [9.17, 15) is 13.2 Å². The third kappa shape index (κ3) is 4.17. The van der Waals surface area contributed by atoms with Gasteiger partial charge in [-0.05, 0) is 18.8 Å². The van der Waals surface area contributed by atoms with Gasteiger partial charge in [0, 0.05) is 6.61 Å². The molecule has 0 aromatic heterocycles. The van der Waals surface area contributed by atoms with Crippen LogP contribution in [0.2, 0.25) is 0 Å². The lowest BCUT2D eigenvalue weighted by atomic mass is 10.1. The molecule has 14 heavy (non-hydrogen) atoms. The third-order valence-electron chi connectivity index (χ3n) is 2.45. The van der Waals surface area contributed by atoms with Gasteiger partial charge in [0.05, 0.1) is 6.61 Å². The fraction of sp³-hybridized carbons (Fsp3) is 1.00. The zero-order valence-electron chi connectivity index (χ0n) is 7.82. The van der Waals surface area contributed by atoms with E-state index in [1.54, 1.807) is 0 Å². The van der Waals surface area contributed by atoms with Crippen LogP contribution in [-0.2, 0) is 4.74 Å². The van der Waals surface area contributed by atoms with E-state index < -0.39 is 11.0 Å². The van der Waals surface area contributed by atoms with E-state index >= 15 is 0 Å². The van der Waals surface area contributed by atoms with Crippen LogP contribution in [-0.4, -0.2) is 24.2 Å². The zero-order chi connectivity index (χ0) is 10.6. The smallest absolute Gasteiger partial charge is 0.380 e. The van der Waals surface area contributed by atoms with E-state index in [1.807, 2.05) is 0 Å². The highest BCUT2D eigenvalue weighted by Crippen LogP contribution is 2.28. The number of hydrogen-bond acceptors (Lipinski definition) is 1. The van der Waals surface area contributed by atoms with Gasteiger partial charge in [-0.3, -0.25) is 0 Å². The molecule has 0 aromatic rings. The summed E-state index contributed by atoms with van der Waals surface area (Å²) in [5.74, 6) is 0.475. The fourth-order valence-corrected chi connectivity index (χ4v) is 1.80. The van der Waals surface area contributed by atoms with Crippen molar-refractivity contribution in [1.29, 1.82) is 0 Å². The highest BCUT2D eigenvalue weighted by molar-refractivity contribution is 9.09. The van der Waals surface area contributed by atoms with Crippen molar-refractivity contribution in [3.8, 4) is 0 Å². The Labute approximate surface area is 90.1 Å². The minimum absolute atomic E-state index is 0.278. The lowest BCUT2D eigenvalue weighted by Gasteiger charge is -2.15. The molecule has 5 heteroatoms. The monoisotopic (exact) mass is 274 g/mol. The predicted octanol–water partition coefficient (Wildman–Crippen LogP) is 3.52. The van der Waals surface area contributed by atoms with Gasteiger partial charge >= 0.3 is 6.18 Å². The normalized spacial score (nSPS) is 21.4. The van der Waals surface area contributed by atoms with Crippen molar-refractivity contribution in [1.82, 2.24) is 0 Å². The second kappa shape index (κ2) is 5.35. The van der Waals surface area contributed by atoms with E-state index in [2.05, 4.69) is 15.9 Å². The van der Waals surface area contributed by atoms with Crippen molar-refractivity contribution < 1.29 is 17.9 Å². The van der Waals surface area contributed by atoms with Crippen molar-refractivity contribution in [2.45, 2.75) is 36.7 Å². The quantitative estimate of drug-likeness (QED) is 0.713. The van der Waals surface area contributed by atoms with Gasteiger partial charge < -0.3 is 4.74 Å². The van der Waals surface area contributed by atoms with Crippen LogP contribution in [0, 0.1) is 5.92 Å². The van der Waals surface area contributed by atoms with Crippen molar-refractivity contribution >= 4 is 15.9 Å². The van der Waals surface area contributed by atoms with Crippen LogP contribution in [0.1, 0.15) is 25.7 Å². The minimum Gasteiger partial charge on any atom is -0.380 e. The van der Waals surface area contributed by atoms with Gasteiger partial charge in [0.25, 0.3) is 0 Å². The van der Waals surface area contributed by atoms with Crippen LogP contribution in [0.25, 0.3) is 0 Å². The summed E-state index contributed by atoms with van der Waals surface area (Å²) in [6.07, 6.45) is 0.365. The van der Waals surface area contributed by atoms with Crippen molar-refractivity contribution in [3.05, 3.63) is 0 Å². The van der Waals surface area contributed by atoms with Gasteiger partial charge in [-0.2, -0.15) is 13.2 Å². The lowest BCUT2D eigenvalue weighted by molar-refractivity contribution is -0.138. The molecule has 1 aliphatic rings. The number of hydrogen-bond donors (Lipinski definition) is 0. The molecule has 84 valence electrons. The first-order chi connectivity index (χ1) is 6.50. The molecule has 1 fully saturated rings. The molecular weight excluding hydrogens is 261 g/mol. The van der Waals surface area contributed by atoms with E-state index in [0.29, 0.717) is 12.5 Å². The Morgan fingerprint density at radius 1 is 1.29 bits per heavy atom. The SMILES string of the molecule is FC(F)(F)C(Br)COCC1CCCC1. The molecule has 0 amide bonds. The molecule has 0 saturated heterocycles. The molecule has 1 nitrogen and oxygen atoms in total. The number of ether oxygens (including phenoxy) is 1. The maximum atomic E-state index is 12.0. The summed E-state index contributed by atoms with van der Waals surface area (Å²) in [5, 5.41) is 0. The van der Waals surface area contributed by atoms with Crippen LogP contribution in [0.4, 0.5) is 13.2 Å². The Morgan fingerprint density at radius 3 is 2.36 bits per heavy atom. The standard InChI is InChI=1S/C9H14BrF3O/c10-8(9(11,12)13)6-14-5-7-3-1-2-4-7/h7-8H,1-6H2. The first-order valence-corrected chi connectivity index (χ1v) is 5.70. The summed E-state index contributed by atoms with van der Waals surface area (Å²) in [6.45, 7) is 0.193. The summed E-state index contributed by atoms with van der Waals surface area (Å²) in [5.41, 5.74) is 0. The number of rotatable bonds is 4. The van der Waals surface area contributed by atoms with Crippen LogP contribution < -0.4 is 0 Å². The topological polar surface area (TPSA) is 9.23 Å². The van der Waals surface area contributed by atoms with Gasteiger partial charge in [-0.25, -0.2) is 0 Å². The Bertz CT molecular complexity index is 166. The summed E-state index contributed by atoms with van der Waals surface area (Å²) in [7, 11) is 0. The number of alkyl halides is 4. The Kier molecular flexibility index (Phi) is 4.70. The molecule has 1 aliphatic carbocycles. The van der Waals surface area contributed by atoms with Gasteiger partial charge in [-0.1, -0.05) is 28.8 Å². The van der Waals surface area contributed by atoms with E-state index in [0.717, 1.165) is 12.8 Å². The van der Waals surface area contributed by atoms with Gasteiger partial charge in [0.1, 0.15) is 4.83 Å². The van der Waals surface area contributed by atoms with Gasteiger partial charge in [0.15, 0.2) is 0 Å². The molecule has 0 N–H and O–H groups in total. The average Bonchev–Trinajstić information content (AvgIpc) is 2.55. The second-order valence-corrected chi connectivity index (χ2v) is 4.80. The predicted molar refractivity (Wildman–Crippen MR) is 51.5 cm³/mol. The van der Waals surface area contributed by atoms with E-state index in [1.165, 1.54) is 12.8 Å². The summed E-state index contributed by atoms with van der Waals surface area (Å²) >= 11 is 2.56. The summed E-state index contributed by atoms with van der Waals surface area (Å²) in [4.78, 5) is -1.53. The largest absolute Gasteiger partial charge is 0.403 e. The third-order valence-corrected chi connectivity index (χ3v) is 3.23. The highest BCUT2D eigenvalue weighted by atomic mass is 79.9. The van der Waals surface area contributed by atoms with Gasteiger partial charge in [-0.15, -0.1) is 0 Å². The second-order valence-electron chi connectivity index (χ2n) is 3.70. The lowest BCUT2D eigenvalue weighted by Crippen LogP contribution is -2.28. The van der Waals surface area contributed by atoms with E-state index in [-0.39, 0.29) is 6.61 Å². The van der Waals surface area contributed by atoms with Crippen molar-refractivity contribution in [3.63, 3.8) is 0 Å². The molecule has 1 rings (SSSR count). The van der Waals surface area contributed by atoms with Crippen LogP contribution in [0.3, 0.4) is 0 Å². The molecular formula is C9H14BrF3O. The fourth-order valence-electron chi connectivity index (χ4n) is 1.61. The molecule has 0 spiro atoms. The van der Waals surface area contributed by atoms with Crippen molar-refractivity contribution in [2.75, 3.05) is 13.2 Å². The first-order valence-electron chi connectivity index (χ1n) is 4.78. The Balaban J connectivity index is 2.08. The molecule has 0 heterocycles. The van der Waals surface area contributed by atoms with Crippen LogP contribution in [0.15, 0.2) is 0 Å². The van der Waals surface area contributed by atoms with Crippen LogP contribution >= 0.6 is 15.9 Å². The first kappa shape index (κ1) is 12.3. The minimum atomic E-state index is -4.20. The Hall–Kier alpha value is 0.230. The zero-order valence-corrected chi connectivity index (χ0v) is 9.40. The molecule has 1 saturated carbocycles. The van der Waals surface area contributed by atoms with E-state index in [4.69, 9.17) is 4.74 Å². The molecule has 1 unspecified atom stereocenters. The molecule has 1 atom stereocenters. The molecule has 0 aromatic carbocycles. The number of halogens is 4. The van der Waals surface area contributed by atoms with Crippen molar-refractivity contribution in [2.24, 2.45) is 5.92 Å². The maximum absolute atomic E-state index is 12.0. The maximum Gasteiger partial charge on any atom is 0.403 e. The molecule has 0 bridgehead atoms. The molecule has 0 radical (unpaired) electrons.